The number of hydrogen-bond donors (Lipinski definition) is 1. The highest BCUT2D eigenvalue weighted by Gasteiger charge is 2.04. The summed E-state index contributed by atoms with van der Waals surface area (Å²) < 4.78 is 1.76. The van der Waals surface area contributed by atoms with Crippen molar-refractivity contribution in [3.05, 3.63) is 77.2 Å². The topological polar surface area (TPSA) is 33.1 Å². The highest BCUT2D eigenvalue weighted by Crippen LogP contribution is 2.24. The molecule has 1 aliphatic rings. The van der Waals surface area contributed by atoms with Crippen LogP contribution in [0.25, 0.3) is 5.69 Å². The Morgan fingerprint density at radius 3 is 2.48 bits per heavy atom. The van der Waals surface area contributed by atoms with E-state index in [1.165, 1.54) is 0 Å². The second-order valence-electron chi connectivity index (χ2n) is 4.98. The normalized spacial score (nSPS) is 13.4. The van der Waals surface area contributed by atoms with Crippen LogP contribution in [0.3, 0.4) is 0 Å². The Bertz CT molecular complexity index is 746. The monoisotopic (exact) mass is 346 g/mol. The van der Waals surface area contributed by atoms with E-state index >= 15 is 0 Å². The average Bonchev–Trinajstić information content (AvgIpc) is 2.86. The Kier molecular flexibility index (Phi) is 5.05. The zero-order valence-corrected chi connectivity index (χ0v) is 13.9. The van der Waals surface area contributed by atoms with Gasteiger partial charge in [-0.2, -0.15) is 5.10 Å². The largest absolute Gasteiger partial charge is 0.367 e. The fourth-order valence-electron chi connectivity index (χ4n) is 2.15. The van der Waals surface area contributed by atoms with E-state index in [0.29, 0.717) is 10.0 Å². The highest BCUT2D eigenvalue weighted by molar-refractivity contribution is 6.42. The van der Waals surface area contributed by atoms with Crippen LogP contribution < -0.4 is 5.32 Å². The number of allylic oxidation sites excluding steroid dienone is 4. The van der Waals surface area contributed by atoms with Gasteiger partial charge in [0.25, 0.3) is 0 Å². The molecular formula is C17H16Cl2N4. The first-order valence-corrected chi connectivity index (χ1v) is 8.00. The number of nitrogens with one attached hydrogen (secondary N) is 1. The van der Waals surface area contributed by atoms with Crippen LogP contribution in [0, 0.1) is 0 Å². The predicted octanol–water partition coefficient (Wildman–Crippen LogP) is 4.49. The molecule has 1 N–H and O–H groups in total. The molecule has 0 radical (unpaired) electrons. The Morgan fingerprint density at radius 1 is 0.957 bits per heavy atom. The second kappa shape index (κ2) is 7.40. The first-order valence-electron chi connectivity index (χ1n) is 7.25. The molecule has 0 fully saturated rings. The minimum absolute atomic E-state index is 0.516. The molecule has 3 rings (SSSR count). The number of nitrogens with zero attached hydrogens (tertiary/aromatic N) is 3. The third-order valence-electron chi connectivity index (χ3n) is 3.32. The Hall–Kier alpha value is -2.17. The Morgan fingerprint density at radius 2 is 1.74 bits per heavy atom. The quantitative estimate of drug-likeness (QED) is 0.865. The lowest BCUT2D eigenvalue weighted by Crippen LogP contribution is -2.19. The maximum Gasteiger partial charge on any atom is 0.148 e. The van der Waals surface area contributed by atoms with Crippen LogP contribution in [0.15, 0.2) is 67.2 Å². The molecule has 1 aromatic heterocycles. The summed E-state index contributed by atoms with van der Waals surface area (Å²) >= 11 is 12.0. The summed E-state index contributed by atoms with van der Waals surface area (Å²) in [6, 6.07) is 7.36. The van der Waals surface area contributed by atoms with Gasteiger partial charge in [-0.25, -0.2) is 4.68 Å². The summed E-state index contributed by atoms with van der Waals surface area (Å²) in [5, 5.41) is 8.85. The third-order valence-corrected chi connectivity index (χ3v) is 4.06. The molecular weight excluding hydrogens is 331 g/mol. The molecule has 0 amide bonds. The highest BCUT2D eigenvalue weighted by atomic mass is 35.5. The molecule has 0 atom stereocenters. The molecule has 4 nitrogen and oxygen atoms in total. The summed E-state index contributed by atoms with van der Waals surface area (Å²) in [6.07, 6.45) is 14.0. The van der Waals surface area contributed by atoms with Gasteiger partial charge in [-0.15, -0.1) is 0 Å². The maximum atomic E-state index is 6.04. The minimum Gasteiger partial charge on any atom is -0.367 e. The molecule has 0 spiro atoms. The number of halogens is 2. The lowest BCUT2D eigenvalue weighted by Gasteiger charge is -2.14. The summed E-state index contributed by atoms with van der Waals surface area (Å²) in [5.41, 5.74) is 0.872. The van der Waals surface area contributed by atoms with E-state index in [9.17, 15) is 0 Å². The number of aromatic nitrogens is 2. The van der Waals surface area contributed by atoms with Gasteiger partial charge < -0.3 is 10.2 Å². The number of rotatable bonds is 5. The summed E-state index contributed by atoms with van der Waals surface area (Å²) in [5.74, 6) is 0.817. The van der Waals surface area contributed by atoms with Gasteiger partial charge in [0.1, 0.15) is 5.82 Å². The Labute approximate surface area is 145 Å². The van der Waals surface area contributed by atoms with Crippen molar-refractivity contribution >= 4 is 29.0 Å². The SMILES string of the molecule is Clc1ccc(-n2ccc(NCCN3C=CC=CC=C3)n2)cc1Cl. The van der Waals surface area contributed by atoms with E-state index in [0.717, 1.165) is 24.6 Å². The van der Waals surface area contributed by atoms with Gasteiger partial charge in [0, 0.05) is 37.8 Å². The third kappa shape index (κ3) is 4.18. The Balaban J connectivity index is 1.58. The van der Waals surface area contributed by atoms with Gasteiger partial charge in [0.2, 0.25) is 0 Å². The van der Waals surface area contributed by atoms with Crippen molar-refractivity contribution in [1.82, 2.24) is 14.7 Å². The lowest BCUT2D eigenvalue weighted by atomic mass is 10.3. The number of anilines is 1. The summed E-state index contributed by atoms with van der Waals surface area (Å²) in [6.45, 7) is 1.64. The lowest BCUT2D eigenvalue weighted by molar-refractivity contribution is 0.524. The molecule has 23 heavy (non-hydrogen) atoms. The van der Waals surface area contributed by atoms with Crippen LogP contribution in [0.4, 0.5) is 5.82 Å². The van der Waals surface area contributed by atoms with Gasteiger partial charge in [-0.05, 0) is 30.4 Å². The molecule has 6 heteroatoms. The minimum atomic E-state index is 0.516. The first kappa shape index (κ1) is 15.7. The van der Waals surface area contributed by atoms with Crippen LogP contribution in [0.1, 0.15) is 0 Å². The van der Waals surface area contributed by atoms with Crippen molar-refractivity contribution in [3.8, 4) is 5.69 Å². The van der Waals surface area contributed by atoms with Gasteiger partial charge in [0.15, 0.2) is 0 Å². The molecule has 0 unspecified atom stereocenters. The standard InChI is InChI=1S/C17H16Cl2N4/c18-15-6-5-14(13-16(15)19)23-11-7-17(21-23)20-8-12-22-9-3-1-2-4-10-22/h1-7,9-11,13H,8,12H2,(H,20,21). The summed E-state index contributed by atoms with van der Waals surface area (Å²) in [4.78, 5) is 2.11. The zero-order chi connectivity index (χ0) is 16.1. The van der Waals surface area contributed by atoms with Crippen LogP contribution in [-0.4, -0.2) is 27.8 Å². The molecule has 1 aliphatic heterocycles. The second-order valence-corrected chi connectivity index (χ2v) is 5.79. The van der Waals surface area contributed by atoms with Crippen LogP contribution >= 0.6 is 23.2 Å². The fraction of sp³-hybridized carbons (Fsp3) is 0.118. The molecule has 2 heterocycles. The molecule has 1 aromatic carbocycles. The average molecular weight is 347 g/mol. The van der Waals surface area contributed by atoms with Crippen molar-refractivity contribution in [2.45, 2.75) is 0 Å². The van der Waals surface area contributed by atoms with Gasteiger partial charge in [-0.3, -0.25) is 0 Å². The van der Waals surface area contributed by atoms with Crippen LogP contribution in [0.5, 0.6) is 0 Å². The van der Waals surface area contributed by atoms with Gasteiger partial charge in [-0.1, -0.05) is 35.4 Å². The van der Waals surface area contributed by atoms with Crippen molar-refractivity contribution in [2.75, 3.05) is 18.4 Å². The first-order chi connectivity index (χ1) is 11.2. The fourth-order valence-corrected chi connectivity index (χ4v) is 2.44. The van der Waals surface area contributed by atoms with E-state index < -0.39 is 0 Å². The maximum absolute atomic E-state index is 6.04. The van der Waals surface area contributed by atoms with Crippen LogP contribution in [0.2, 0.25) is 10.0 Å². The van der Waals surface area contributed by atoms with Crippen molar-refractivity contribution in [2.24, 2.45) is 0 Å². The van der Waals surface area contributed by atoms with E-state index in [1.807, 2.05) is 55.0 Å². The number of hydrogen-bond acceptors (Lipinski definition) is 3. The van der Waals surface area contributed by atoms with Crippen molar-refractivity contribution in [1.29, 1.82) is 0 Å². The number of benzene rings is 1. The van der Waals surface area contributed by atoms with E-state index in [-0.39, 0.29) is 0 Å². The molecule has 0 aliphatic carbocycles. The van der Waals surface area contributed by atoms with Gasteiger partial charge in [0.05, 0.1) is 15.7 Å². The molecule has 2 aromatic rings. The molecule has 0 saturated heterocycles. The van der Waals surface area contributed by atoms with E-state index in [4.69, 9.17) is 23.2 Å². The van der Waals surface area contributed by atoms with Crippen molar-refractivity contribution in [3.63, 3.8) is 0 Å². The van der Waals surface area contributed by atoms with Crippen LogP contribution in [-0.2, 0) is 0 Å². The molecule has 0 saturated carbocycles. The molecule has 0 bridgehead atoms. The molecule has 118 valence electrons. The summed E-state index contributed by atoms with van der Waals surface area (Å²) in [7, 11) is 0. The zero-order valence-electron chi connectivity index (χ0n) is 12.4. The van der Waals surface area contributed by atoms with Crippen molar-refractivity contribution < 1.29 is 0 Å². The van der Waals surface area contributed by atoms with E-state index in [1.54, 1.807) is 16.8 Å². The smallest absolute Gasteiger partial charge is 0.148 e. The van der Waals surface area contributed by atoms with E-state index in [2.05, 4.69) is 15.3 Å². The predicted molar refractivity (Wildman–Crippen MR) is 96.2 cm³/mol. The van der Waals surface area contributed by atoms with Gasteiger partial charge >= 0.3 is 0 Å².